The Morgan fingerprint density at radius 2 is 2.25 bits per heavy atom. The monoisotopic (exact) mass is 113 g/mol. The van der Waals surface area contributed by atoms with Crippen LogP contribution in [0.5, 0.6) is 0 Å². The van der Waals surface area contributed by atoms with Crippen molar-refractivity contribution in [3.8, 4) is 0 Å². The second-order valence-electron chi connectivity index (χ2n) is 2.17. The molecule has 0 saturated carbocycles. The van der Waals surface area contributed by atoms with Gasteiger partial charge in [-0.25, -0.2) is 0 Å². The molecule has 0 aliphatic heterocycles. The summed E-state index contributed by atoms with van der Waals surface area (Å²) in [6, 6.07) is 0.468. The quantitative estimate of drug-likeness (QED) is 0.496. The van der Waals surface area contributed by atoms with Crippen molar-refractivity contribution in [2.45, 2.75) is 39.2 Å². The lowest BCUT2D eigenvalue weighted by atomic mass is 10.2. The lowest BCUT2D eigenvalue weighted by Crippen LogP contribution is -1.94. The minimum atomic E-state index is 0.468. The van der Waals surface area contributed by atoms with E-state index in [4.69, 9.17) is 0 Å². The van der Waals surface area contributed by atoms with Gasteiger partial charge in [0.1, 0.15) is 0 Å². The fourth-order valence-electron chi connectivity index (χ4n) is 0.591. The van der Waals surface area contributed by atoms with Crippen LogP contribution in [0.15, 0.2) is 4.99 Å². The van der Waals surface area contributed by atoms with Crippen LogP contribution in [0, 0.1) is 0 Å². The lowest BCUT2D eigenvalue weighted by molar-refractivity contribution is 0.620. The largest absolute Gasteiger partial charge is 0.298 e. The molecule has 0 bridgehead atoms. The molecule has 1 atom stereocenters. The van der Waals surface area contributed by atoms with Gasteiger partial charge in [0, 0.05) is 6.04 Å². The SMILES string of the molecule is C=NC(C)CCCC. The highest BCUT2D eigenvalue weighted by Gasteiger charge is 1.92. The summed E-state index contributed by atoms with van der Waals surface area (Å²) in [6.07, 6.45) is 3.74. The minimum Gasteiger partial charge on any atom is -0.298 e. The fourth-order valence-corrected chi connectivity index (χ4v) is 0.591. The van der Waals surface area contributed by atoms with Gasteiger partial charge in [-0.1, -0.05) is 19.8 Å². The van der Waals surface area contributed by atoms with E-state index in [1.807, 2.05) is 0 Å². The van der Waals surface area contributed by atoms with Gasteiger partial charge in [-0.3, -0.25) is 4.99 Å². The third-order valence-corrected chi connectivity index (χ3v) is 1.29. The van der Waals surface area contributed by atoms with E-state index in [1.54, 1.807) is 0 Å². The van der Waals surface area contributed by atoms with Crippen molar-refractivity contribution in [2.24, 2.45) is 4.99 Å². The molecule has 1 unspecified atom stereocenters. The topological polar surface area (TPSA) is 12.4 Å². The zero-order valence-corrected chi connectivity index (χ0v) is 5.85. The van der Waals surface area contributed by atoms with Crippen LogP contribution in [0.4, 0.5) is 0 Å². The molecule has 0 aromatic carbocycles. The van der Waals surface area contributed by atoms with Gasteiger partial charge in [0.2, 0.25) is 0 Å². The van der Waals surface area contributed by atoms with Gasteiger partial charge in [-0.2, -0.15) is 0 Å². The first-order valence-electron chi connectivity index (χ1n) is 3.27. The van der Waals surface area contributed by atoms with E-state index in [-0.39, 0.29) is 0 Å². The summed E-state index contributed by atoms with van der Waals surface area (Å²) in [5.74, 6) is 0. The van der Waals surface area contributed by atoms with E-state index in [2.05, 4.69) is 25.6 Å². The molecule has 8 heavy (non-hydrogen) atoms. The van der Waals surface area contributed by atoms with Crippen LogP contribution in [0.25, 0.3) is 0 Å². The number of unbranched alkanes of at least 4 members (excludes halogenated alkanes) is 1. The van der Waals surface area contributed by atoms with Crippen LogP contribution in [0.1, 0.15) is 33.1 Å². The van der Waals surface area contributed by atoms with Crippen molar-refractivity contribution in [3.63, 3.8) is 0 Å². The molecule has 0 saturated heterocycles. The van der Waals surface area contributed by atoms with Gasteiger partial charge >= 0.3 is 0 Å². The Labute approximate surface area is 51.8 Å². The summed E-state index contributed by atoms with van der Waals surface area (Å²) < 4.78 is 0. The van der Waals surface area contributed by atoms with Crippen molar-refractivity contribution >= 4 is 6.72 Å². The molecule has 0 aromatic heterocycles. The Hall–Kier alpha value is -0.330. The smallest absolute Gasteiger partial charge is 0.0464 e. The molecular weight excluding hydrogens is 98.1 g/mol. The maximum Gasteiger partial charge on any atom is 0.0464 e. The van der Waals surface area contributed by atoms with Gasteiger partial charge in [0.15, 0.2) is 0 Å². The molecule has 0 heterocycles. The Bertz CT molecular complexity index is 59.4. The van der Waals surface area contributed by atoms with Crippen molar-refractivity contribution < 1.29 is 0 Å². The van der Waals surface area contributed by atoms with Gasteiger partial charge in [0.25, 0.3) is 0 Å². The number of hydrogen-bond acceptors (Lipinski definition) is 1. The average Bonchev–Trinajstić information content (AvgIpc) is 1.83. The summed E-state index contributed by atoms with van der Waals surface area (Å²) in [5.41, 5.74) is 0. The van der Waals surface area contributed by atoms with Gasteiger partial charge in [0.05, 0.1) is 0 Å². The maximum atomic E-state index is 3.88. The van der Waals surface area contributed by atoms with Crippen LogP contribution in [-0.2, 0) is 0 Å². The predicted octanol–water partition coefficient (Wildman–Crippen LogP) is 2.27. The molecule has 0 amide bonds. The van der Waals surface area contributed by atoms with Gasteiger partial charge in [-0.05, 0) is 20.1 Å². The van der Waals surface area contributed by atoms with E-state index in [9.17, 15) is 0 Å². The van der Waals surface area contributed by atoms with E-state index < -0.39 is 0 Å². The molecule has 48 valence electrons. The summed E-state index contributed by atoms with van der Waals surface area (Å²) in [6.45, 7) is 7.75. The van der Waals surface area contributed by atoms with E-state index in [0.29, 0.717) is 6.04 Å². The zero-order chi connectivity index (χ0) is 6.41. The lowest BCUT2D eigenvalue weighted by Gasteiger charge is -2.00. The van der Waals surface area contributed by atoms with E-state index in [1.165, 1.54) is 19.3 Å². The molecule has 1 heteroatoms. The van der Waals surface area contributed by atoms with Crippen molar-refractivity contribution in [3.05, 3.63) is 0 Å². The summed E-state index contributed by atoms with van der Waals surface area (Å²) in [4.78, 5) is 3.88. The second kappa shape index (κ2) is 4.82. The predicted molar refractivity (Wildman–Crippen MR) is 38.5 cm³/mol. The summed E-state index contributed by atoms with van der Waals surface area (Å²) >= 11 is 0. The fraction of sp³-hybridized carbons (Fsp3) is 0.857. The molecule has 0 aliphatic rings. The van der Waals surface area contributed by atoms with E-state index >= 15 is 0 Å². The van der Waals surface area contributed by atoms with Gasteiger partial charge < -0.3 is 0 Å². The van der Waals surface area contributed by atoms with Crippen LogP contribution < -0.4 is 0 Å². The molecule has 0 N–H and O–H groups in total. The Balaban J connectivity index is 2.98. The highest BCUT2D eigenvalue weighted by Crippen LogP contribution is 2.01. The van der Waals surface area contributed by atoms with Crippen LogP contribution >= 0.6 is 0 Å². The van der Waals surface area contributed by atoms with Crippen molar-refractivity contribution in [2.75, 3.05) is 0 Å². The molecule has 0 radical (unpaired) electrons. The summed E-state index contributed by atoms with van der Waals surface area (Å²) in [7, 11) is 0. The second-order valence-corrected chi connectivity index (χ2v) is 2.17. The molecule has 0 fully saturated rings. The first-order valence-corrected chi connectivity index (χ1v) is 3.27. The molecule has 0 aliphatic carbocycles. The van der Waals surface area contributed by atoms with Crippen LogP contribution in [-0.4, -0.2) is 12.8 Å². The number of rotatable bonds is 4. The standard InChI is InChI=1S/C7H15N/c1-4-5-6-7(2)8-3/h7H,3-6H2,1-2H3. The van der Waals surface area contributed by atoms with Crippen LogP contribution in [0.3, 0.4) is 0 Å². The first-order chi connectivity index (χ1) is 3.81. The number of aliphatic imine (C=N–C) groups is 1. The number of nitrogens with zero attached hydrogens (tertiary/aromatic N) is 1. The normalized spacial score (nSPS) is 13.2. The highest BCUT2D eigenvalue weighted by atomic mass is 14.7. The maximum absolute atomic E-state index is 3.88. The molecule has 0 aromatic rings. The molecule has 0 rings (SSSR count). The van der Waals surface area contributed by atoms with Crippen molar-refractivity contribution in [1.82, 2.24) is 0 Å². The summed E-state index contributed by atoms with van der Waals surface area (Å²) in [5, 5.41) is 0. The average molecular weight is 113 g/mol. The van der Waals surface area contributed by atoms with Crippen LogP contribution in [0.2, 0.25) is 0 Å². The zero-order valence-electron chi connectivity index (χ0n) is 5.85. The Morgan fingerprint density at radius 3 is 2.62 bits per heavy atom. The molecule has 0 spiro atoms. The third kappa shape index (κ3) is 3.85. The number of hydrogen-bond donors (Lipinski definition) is 0. The van der Waals surface area contributed by atoms with E-state index in [0.717, 1.165) is 0 Å². The third-order valence-electron chi connectivity index (χ3n) is 1.29. The van der Waals surface area contributed by atoms with Crippen molar-refractivity contribution in [1.29, 1.82) is 0 Å². The minimum absolute atomic E-state index is 0.468. The Kier molecular flexibility index (Phi) is 4.62. The Morgan fingerprint density at radius 1 is 1.62 bits per heavy atom. The highest BCUT2D eigenvalue weighted by molar-refractivity contribution is 5.23. The molecular formula is C7H15N. The van der Waals surface area contributed by atoms with Gasteiger partial charge in [-0.15, -0.1) is 0 Å². The first kappa shape index (κ1) is 7.67. The molecule has 1 nitrogen and oxygen atoms in total.